The normalized spacial score (nSPS) is 20.9. The van der Waals surface area contributed by atoms with Crippen LogP contribution in [0.2, 0.25) is 5.02 Å². The molecule has 0 amide bonds. The van der Waals surface area contributed by atoms with E-state index in [4.69, 9.17) is 26.6 Å². The Morgan fingerprint density at radius 1 is 1.38 bits per heavy atom. The van der Waals surface area contributed by atoms with Crippen LogP contribution in [0.3, 0.4) is 0 Å². The number of nitrogens with two attached hydrogens (primary N) is 1. The van der Waals surface area contributed by atoms with Gasteiger partial charge in [0.05, 0.1) is 16.2 Å². The number of hydrogen-bond donors (Lipinski definition) is 1. The average molecular weight is 313 g/mol. The van der Waals surface area contributed by atoms with E-state index in [9.17, 15) is 4.39 Å². The Hall–Kier alpha value is -0.945. The van der Waals surface area contributed by atoms with Crippen LogP contribution < -0.4 is 5.73 Å². The number of pyridine rings is 1. The van der Waals surface area contributed by atoms with E-state index < -0.39 is 24.3 Å². The van der Waals surface area contributed by atoms with Crippen LogP contribution in [0.4, 0.5) is 4.39 Å². The third-order valence-electron chi connectivity index (χ3n) is 3.96. The van der Waals surface area contributed by atoms with Crippen molar-refractivity contribution in [1.82, 2.24) is 4.98 Å². The highest BCUT2D eigenvalue weighted by atomic mass is 35.5. The lowest BCUT2D eigenvalue weighted by atomic mass is 9.77. The highest BCUT2D eigenvalue weighted by molar-refractivity contribution is 6.55. The summed E-state index contributed by atoms with van der Waals surface area (Å²) < 4.78 is 25.0. The minimum Gasteiger partial charge on any atom is -0.400 e. The molecule has 4 nitrogen and oxygen atoms in total. The molecule has 0 aliphatic carbocycles. The zero-order chi connectivity index (χ0) is 15.8. The van der Waals surface area contributed by atoms with Crippen molar-refractivity contribution in [3.8, 4) is 0 Å². The average Bonchev–Trinajstić information content (AvgIpc) is 2.59. The lowest BCUT2D eigenvalue weighted by Gasteiger charge is -2.32. The van der Waals surface area contributed by atoms with E-state index in [0.29, 0.717) is 5.56 Å². The second-order valence-electron chi connectivity index (χ2n) is 6.05. The highest BCUT2D eigenvalue weighted by Gasteiger charge is 2.52. The van der Waals surface area contributed by atoms with E-state index in [0.717, 1.165) is 5.47 Å². The van der Waals surface area contributed by atoms with Crippen LogP contribution in [-0.2, 0) is 9.31 Å². The Bertz CT molecular complexity index is 562. The molecule has 1 fully saturated rings. The lowest BCUT2D eigenvalue weighted by Crippen LogP contribution is -2.41. The molecule has 1 saturated heterocycles. The van der Waals surface area contributed by atoms with Gasteiger partial charge in [-0.3, -0.25) is 0 Å². The van der Waals surface area contributed by atoms with Crippen molar-refractivity contribution in [2.24, 2.45) is 5.73 Å². The summed E-state index contributed by atoms with van der Waals surface area (Å²) in [7, 11) is -0.538. The molecule has 2 N–H and O–H groups in total. The van der Waals surface area contributed by atoms with Crippen LogP contribution in [0, 0.1) is 5.95 Å². The van der Waals surface area contributed by atoms with Crippen molar-refractivity contribution < 1.29 is 13.7 Å². The van der Waals surface area contributed by atoms with E-state index in [1.165, 1.54) is 12.3 Å². The van der Waals surface area contributed by atoms with Gasteiger partial charge in [0.25, 0.3) is 0 Å². The number of rotatable bonds is 3. The monoisotopic (exact) mass is 312 g/mol. The van der Waals surface area contributed by atoms with Crippen molar-refractivity contribution in [1.29, 1.82) is 0 Å². The molecule has 1 aliphatic heterocycles. The number of hydrogen-bond acceptors (Lipinski definition) is 4. The van der Waals surface area contributed by atoms with E-state index >= 15 is 0 Å². The molecular weight excluding hydrogens is 293 g/mol. The SMILES string of the molecule is CC1(C)OB(C(=Cc2cnc(F)c(Cl)c2)CN)OC1(C)C. The first-order valence-corrected chi connectivity index (χ1v) is 7.11. The molecule has 0 bridgehead atoms. The van der Waals surface area contributed by atoms with Crippen molar-refractivity contribution in [2.75, 3.05) is 6.54 Å². The topological polar surface area (TPSA) is 57.4 Å². The fourth-order valence-electron chi connectivity index (χ4n) is 1.95. The molecule has 0 saturated carbocycles. The molecule has 0 aromatic carbocycles. The zero-order valence-electron chi connectivity index (χ0n) is 12.6. The summed E-state index contributed by atoms with van der Waals surface area (Å²) >= 11 is 5.73. The van der Waals surface area contributed by atoms with Gasteiger partial charge in [0.15, 0.2) is 0 Å². The Morgan fingerprint density at radius 3 is 2.43 bits per heavy atom. The summed E-state index contributed by atoms with van der Waals surface area (Å²) in [5, 5.41) is -0.0333. The Labute approximate surface area is 129 Å². The largest absolute Gasteiger partial charge is 0.491 e. The summed E-state index contributed by atoms with van der Waals surface area (Å²) in [6.07, 6.45) is 3.16. The van der Waals surface area contributed by atoms with Gasteiger partial charge < -0.3 is 15.0 Å². The predicted octanol–water partition coefficient (Wildman–Crippen LogP) is 2.85. The fourth-order valence-corrected chi connectivity index (χ4v) is 2.12. The second kappa shape index (κ2) is 5.68. The smallest absolute Gasteiger partial charge is 0.400 e. The molecule has 2 heterocycles. The van der Waals surface area contributed by atoms with Crippen molar-refractivity contribution in [2.45, 2.75) is 38.9 Å². The Balaban J connectivity index is 2.28. The Kier molecular flexibility index (Phi) is 4.45. The minimum absolute atomic E-state index is 0.0333. The summed E-state index contributed by atoms with van der Waals surface area (Å²) in [6, 6.07) is 1.49. The van der Waals surface area contributed by atoms with Crippen LogP contribution in [-0.4, -0.2) is 29.8 Å². The first-order valence-electron chi connectivity index (χ1n) is 6.73. The molecule has 1 aliphatic rings. The molecule has 21 heavy (non-hydrogen) atoms. The van der Waals surface area contributed by atoms with Crippen LogP contribution >= 0.6 is 11.6 Å². The first kappa shape index (κ1) is 16.4. The van der Waals surface area contributed by atoms with Gasteiger partial charge in [-0.15, -0.1) is 0 Å². The highest BCUT2D eigenvalue weighted by Crippen LogP contribution is 2.38. The van der Waals surface area contributed by atoms with E-state index in [-0.39, 0.29) is 11.6 Å². The van der Waals surface area contributed by atoms with Crippen molar-refractivity contribution in [3.05, 3.63) is 34.3 Å². The minimum atomic E-state index is -0.696. The van der Waals surface area contributed by atoms with Crippen LogP contribution in [0.15, 0.2) is 17.7 Å². The molecule has 0 unspecified atom stereocenters. The molecule has 2 rings (SSSR count). The molecule has 114 valence electrons. The van der Waals surface area contributed by atoms with Crippen LogP contribution in [0.25, 0.3) is 6.08 Å². The lowest BCUT2D eigenvalue weighted by molar-refractivity contribution is 0.00578. The van der Waals surface area contributed by atoms with Gasteiger partial charge in [-0.25, -0.2) is 4.98 Å². The van der Waals surface area contributed by atoms with Crippen LogP contribution in [0.1, 0.15) is 33.3 Å². The zero-order valence-corrected chi connectivity index (χ0v) is 13.4. The molecule has 1 aromatic heterocycles. The maximum Gasteiger partial charge on any atom is 0.491 e. The van der Waals surface area contributed by atoms with E-state index in [2.05, 4.69) is 4.98 Å². The van der Waals surface area contributed by atoms with Gasteiger partial charge in [-0.05, 0) is 44.8 Å². The third-order valence-corrected chi connectivity index (χ3v) is 4.23. The predicted molar refractivity (Wildman–Crippen MR) is 82.3 cm³/mol. The summed E-state index contributed by atoms with van der Waals surface area (Å²) in [5.41, 5.74) is 6.31. The molecule has 0 radical (unpaired) electrons. The second-order valence-corrected chi connectivity index (χ2v) is 6.46. The van der Waals surface area contributed by atoms with Crippen molar-refractivity contribution >= 4 is 24.8 Å². The maximum atomic E-state index is 13.1. The van der Waals surface area contributed by atoms with Gasteiger partial charge >= 0.3 is 7.12 Å². The van der Waals surface area contributed by atoms with Crippen LogP contribution in [0.5, 0.6) is 0 Å². The first-order chi connectivity index (χ1) is 9.66. The van der Waals surface area contributed by atoms with E-state index in [1.807, 2.05) is 27.7 Å². The number of nitrogens with zero attached hydrogens (tertiary/aromatic N) is 1. The van der Waals surface area contributed by atoms with Crippen molar-refractivity contribution in [3.63, 3.8) is 0 Å². The van der Waals surface area contributed by atoms with Gasteiger partial charge in [-0.2, -0.15) is 4.39 Å². The third kappa shape index (κ3) is 3.29. The quantitative estimate of drug-likeness (QED) is 0.689. The van der Waals surface area contributed by atoms with Gasteiger partial charge in [0, 0.05) is 12.7 Å². The Morgan fingerprint density at radius 2 is 1.95 bits per heavy atom. The standard InChI is InChI=1S/C14H19BClFN2O2/c1-13(2)14(3,4)21-15(20-13)10(7-18)5-9-6-11(16)12(17)19-8-9/h5-6,8H,7,18H2,1-4H3. The number of halogens is 2. The molecule has 0 atom stereocenters. The van der Waals surface area contributed by atoms with Gasteiger partial charge in [-0.1, -0.05) is 17.7 Å². The molecule has 1 aromatic rings. The molecular formula is C14H19BClFN2O2. The van der Waals surface area contributed by atoms with E-state index in [1.54, 1.807) is 6.08 Å². The maximum absolute atomic E-state index is 13.1. The fraction of sp³-hybridized carbons (Fsp3) is 0.500. The molecule has 0 spiro atoms. The number of aromatic nitrogens is 1. The van der Waals surface area contributed by atoms with Gasteiger partial charge in [0.2, 0.25) is 5.95 Å². The van der Waals surface area contributed by atoms with Gasteiger partial charge in [0.1, 0.15) is 0 Å². The molecule has 7 heteroatoms. The summed E-state index contributed by atoms with van der Waals surface area (Å²) in [6.45, 7) is 8.13. The summed E-state index contributed by atoms with van der Waals surface area (Å²) in [4.78, 5) is 3.58. The summed E-state index contributed by atoms with van der Waals surface area (Å²) in [5.74, 6) is -0.696.